The number of benzene rings is 1. The lowest BCUT2D eigenvalue weighted by molar-refractivity contribution is 0.609. The zero-order chi connectivity index (χ0) is 9.47. The second-order valence-corrected chi connectivity index (χ2v) is 5.41. The molecule has 4 heteroatoms. The Morgan fingerprint density at radius 1 is 1.31 bits per heavy atom. The van der Waals surface area contributed by atoms with Gasteiger partial charge in [0.1, 0.15) is 0 Å². The summed E-state index contributed by atoms with van der Waals surface area (Å²) in [4.78, 5) is 0.209. The molecule has 0 unspecified atom stereocenters. The maximum Gasteiger partial charge on any atom is 0.261 e. The third-order valence-electron chi connectivity index (χ3n) is 2.04. The molecule has 0 heterocycles. The number of hydrogen-bond acceptors (Lipinski definition) is 2. The molecule has 1 aliphatic rings. The number of rotatable bonds is 1. The Bertz CT molecular complexity index is 474. The van der Waals surface area contributed by atoms with Crippen LogP contribution in [0, 0.1) is 0 Å². The zero-order valence-corrected chi connectivity index (χ0v) is 8.27. The molecule has 0 aromatic heterocycles. The van der Waals surface area contributed by atoms with E-state index in [1.165, 1.54) is 6.07 Å². The molecule has 1 aliphatic carbocycles. The van der Waals surface area contributed by atoms with Gasteiger partial charge in [0.2, 0.25) is 0 Å². The summed E-state index contributed by atoms with van der Waals surface area (Å²) < 4.78 is 22.2. The molecule has 0 atom stereocenters. The van der Waals surface area contributed by atoms with Crippen LogP contribution in [0.5, 0.6) is 0 Å². The molecule has 2 nitrogen and oxygen atoms in total. The SMILES string of the molecule is O=S(=O)(Cl)c1cccc2c1C=CC2. The summed E-state index contributed by atoms with van der Waals surface area (Å²) in [5.74, 6) is 0. The molecule has 1 aromatic rings. The molecule has 0 bridgehead atoms. The molecule has 0 saturated carbocycles. The highest BCUT2D eigenvalue weighted by molar-refractivity contribution is 8.13. The van der Waals surface area contributed by atoms with Crippen LogP contribution in [-0.2, 0) is 15.5 Å². The van der Waals surface area contributed by atoms with Crippen LogP contribution in [0.25, 0.3) is 6.08 Å². The van der Waals surface area contributed by atoms with Gasteiger partial charge >= 0.3 is 0 Å². The van der Waals surface area contributed by atoms with Crippen molar-refractivity contribution in [3.05, 3.63) is 35.4 Å². The van der Waals surface area contributed by atoms with Gasteiger partial charge in [-0.15, -0.1) is 0 Å². The highest BCUT2D eigenvalue weighted by atomic mass is 35.7. The van der Waals surface area contributed by atoms with Crippen LogP contribution < -0.4 is 0 Å². The molecular weight excluding hydrogens is 208 g/mol. The maximum absolute atomic E-state index is 11.1. The van der Waals surface area contributed by atoms with E-state index in [1.54, 1.807) is 12.1 Å². The van der Waals surface area contributed by atoms with E-state index in [-0.39, 0.29) is 4.90 Å². The number of halogens is 1. The summed E-state index contributed by atoms with van der Waals surface area (Å²) in [7, 11) is 1.67. The molecule has 2 rings (SSSR count). The molecule has 0 fully saturated rings. The Kier molecular flexibility index (Phi) is 1.93. The Labute approximate surface area is 81.3 Å². The van der Waals surface area contributed by atoms with Crippen molar-refractivity contribution in [2.24, 2.45) is 0 Å². The van der Waals surface area contributed by atoms with Gasteiger partial charge in [0, 0.05) is 10.7 Å². The number of hydrogen-bond donors (Lipinski definition) is 0. The minimum absolute atomic E-state index is 0.209. The summed E-state index contributed by atoms with van der Waals surface area (Å²) in [6.45, 7) is 0. The van der Waals surface area contributed by atoms with Crippen LogP contribution >= 0.6 is 10.7 Å². The van der Waals surface area contributed by atoms with Gasteiger partial charge in [-0.05, 0) is 23.6 Å². The minimum atomic E-state index is -3.61. The van der Waals surface area contributed by atoms with Crippen molar-refractivity contribution in [1.29, 1.82) is 0 Å². The number of fused-ring (bicyclic) bond motifs is 1. The standard InChI is InChI=1S/C9H7ClO2S/c10-13(11,12)9-6-2-4-7-3-1-5-8(7)9/h1-2,4-6H,3H2. The highest BCUT2D eigenvalue weighted by Gasteiger charge is 2.18. The van der Waals surface area contributed by atoms with E-state index in [1.807, 2.05) is 12.1 Å². The van der Waals surface area contributed by atoms with Gasteiger partial charge in [0.15, 0.2) is 0 Å². The second-order valence-electron chi connectivity index (χ2n) is 2.87. The monoisotopic (exact) mass is 214 g/mol. The topological polar surface area (TPSA) is 34.1 Å². The summed E-state index contributed by atoms with van der Waals surface area (Å²) >= 11 is 0. The van der Waals surface area contributed by atoms with Crippen molar-refractivity contribution < 1.29 is 8.42 Å². The zero-order valence-electron chi connectivity index (χ0n) is 6.70. The van der Waals surface area contributed by atoms with Crippen molar-refractivity contribution >= 4 is 25.8 Å². The van der Waals surface area contributed by atoms with Crippen molar-refractivity contribution in [2.45, 2.75) is 11.3 Å². The lowest BCUT2D eigenvalue weighted by Crippen LogP contribution is -1.95. The van der Waals surface area contributed by atoms with Crippen LogP contribution in [-0.4, -0.2) is 8.42 Å². The Hall–Kier alpha value is -0.800. The van der Waals surface area contributed by atoms with Crippen LogP contribution in [0.15, 0.2) is 29.2 Å². The molecule has 68 valence electrons. The first kappa shape index (κ1) is 8.78. The lowest BCUT2D eigenvalue weighted by Gasteiger charge is -2.02. The van der Waals surface area contributed by atoms with Crippen molar-refractivity contribution in [3.63, 3.8) is 0 Å². The van der Waals surface area contributed by atoms with Crippen molar-refractivity contribution in [2.75, 3.05) is 0 Å². The molecule has 0 saturated heterocycles. The summed E-state index contributed by atoms with van der Waals surface area (Å²) in [5, 5.41) is 0. The Morgan fingerprint density at radius 2 is 2.08 bits per heavy atom. The Morgan fingerprint density at radius 3 is 2.77 bits per heavy atom. The van der Waals surface area contributed by atoms with E-state index < -0.39 is 9.05 Å². The molecule has 0 spiro atoms. The quantitative estimate of drug-likeness (QED) is 0.672. The molecule has 0 N–H and O–H groups in total. The predicted octanol–water partition coefficient (Wildman–Crippen LogP) is 2.18. The van der Waals surface area contributed by atoms with E-state index in [2.05, 4.69) is 0 Å². The average Bonchev–Trinajstić information content (AvgIpc) is 2.48. The summed E-state index contributed by atoms with van der Waals surface area (Å²) in [5.41, 5.74) is 1.75. The van der Waals surface area contributed by atoms with Crippen LogP contribution in [0.2, 0.25) is 0 Å². The smallest absolute Gasteiger partial charge is 0.207 e. The molecule has 0 radical (unpaired) electrons. The van der Waals surface area contributed by atoms with Gasteiger partial charge < -0.3 is 0 Å². The molecule has 13 heavy (non-hydrogen) atoms. The van der Waals surface area contributed by atoms with Gasteiger partial charge in [-0.2, -0.15) is 0 Å². The van der Waals surface area contributed by atoms with Crippen molar-refractivity contribution in [1.82, 2.24) is 0 Å². The predicted molar refractivity (Wildman–Crippen MR) is 52.2 cm³/mol. The van der Waals surface area contributed by atoms with Crippen LogP contribution in [0.4, 0.5) is 0 Å². The van der Waals surface area contributed by atoms with Gasteiger partial charge in [-0.3, -0.25) is 0 Å². The van der Waals surface area contributed by atoms with E-state index in [4.69, 9.17) is 10.7 Å². The largest absolute Gasteiger partial charge is 0.261 e. The molecule has 1 aromatic carbocycles. The summed E-state index contributed by atoms with van der Waals surface area (Å²) in [6, 6.07) is 5.14. The van der Waals surface area contributed by atoms with Crippen LogP contribution in [0.3, 0.4) is 0 Å². The van der Waals surface area contributed by atoms with Crippen molar-refractivity contribution in [3.8, 4) is 0 Å². The third kappa shape index (κ3) is 1.49. The average molecular weight is 215 g/mol. The van der Waals surface area contributed by atoms with Crippen LogP contribution in [0.1, 0.15) is 11.1 Å². The number of allylic oxidation sites excluding steroid dienone is 1. The highest BCUT2D eigenvalue weighted by Crippen LogP contribution is 2.28. The first-order chi connectivity index (χ1) is 6.09. The molecule has 0 aliphatic heterocycles. The maximum atomic E-state index is 11.1. The first-order valence-electron chi connectivity index (χ1n) is 3.82. The van der Waals surface area contributed by atoms with E-state index in [9.17, 15) is 8.42 Å². The fourth-order valence-corrected chi connectivity index (χ4v) is 2.58. The third-order valence-corrected chi connectivity index (χ3v) is 3.42. The molecular formula is C9H7ClO2S. The van der Waals surface area contributed by atoms with E-state index in [0.29, 0.717) is 0 Å². The lowest BCUT2D eigenvalue weighted by atomic mass is 10.1. The summed E-state index contributed by atoms with van der Waals surface area (Å²) in [6.07, 6.45) is 4.51. The fourth-order valence-electron chi connectivity index (χ4n) is 1.47. The van der Waals surface area contributed by atoms with Gasteiger partial charge in [0.05, 0.1) is 4.90 Å². The Balaban J connectivity index is 2.74. The van der Waals surface area contributed by atoms with Gasteiger partial charge in [-0.25, -0.2) is 8.42 Å². The fraction of sp³-hybridized carbons (Fsp3) is 0.111. The molecule has 0 amide bonds. The van der Waals surface area contributed by atoms with Gasteiger partial charge in [0.25, 0.3) is 9.05 Å². The van der Waals surface area contributed by atoms with Gasteiger partial charge in [-0.1, -0.05) is 24.3 Å². The van der Waals surface area contributed by atoms with E-state index in [0.717, 1.165) is 17.5 Å². The van der Waals surface area contributed by atoms with E-state index >= 15 is 0 Å². The second kappa shape index (κ2) is 2.86. The normalized spacial score (nSPS) is 14.5. The minimum Gasteiger partial charge on any atom is -0.207 e. The first-order valence-corrected chi connectivity index (χ1v) is 6.13.